The molecule has 0 spiro atoms. The van der Waals surface area contributed by atoms with Gasteiger partial charge in [-0.05, 0) is 24.1 Å². The largest absolute Gasteiger partial charge is 0.503 e. The van der Waals surface area contributed by atoms with Gasteiger partial charge in [-0.1, -0.05) is 24.9 Å². The summed E-state index contributed by atoms with van der Waals surface area (Å²) in [5.74, 6) is -1.60. The molecule has 0 bridgehead atoms. The fourth-order valence-electron chi connectivity index (χ4n) is 1.50. The van der Waals surface area contributed by atoms with E-state index >= 15 is 0 Å². The van der Waals surface area contributed by atoms with Gasteiger partial charge in [-0.3, -0.25) is 9.59 Å². The summed E-state index contributed by atoms with van der Waals surface area (Å²) in [7, 11) is 1.38. The van der Waals surface area contributed by atoms with Crippen LogP contribution in [-0.4, -0.2) is 36.8 Å². The molecule has 0 unspecified atom stereocenters. The van der Waals surface area contributed by atoms with Gasteiger partial charge in [-0.25, -0.2) is 5.43 Å². The van der Waals surface area contributed by atoms with Gasteiger partial charge in [0.25, 0.3) is 0 Å². The molecule has 0 aromatic heterocycles. The number of benzene rings is 1. The quantitative estimate of drug-likeness (QED) is 0.318. The summed E-state index contributed by atoms with van der Waals surface area (Å²) in [5, 5.41) is 15.8. The van der Waals surface area contributed by atoms with E-state index in [0.29, 0.717) is 12.1 Å². The Morgan fingerprint density at radius 1 is 1.41 bits per heavy atom. The van der Waals surface area contributed by atoms with Crippen molar-refractivity contribution in [2.24, 2.45) is 5.10 Å². The fourth-order valence-corrected chi connectivity index (χ4v) is 1.72. The Bertz CT molecular complexity index is 575. The highest BCUT2D eigenvalue weighted by molar-refractivity contribution is 6.35. The Morgan fingerprint density at radius 2 is 2.14 bits per heavy atom. The van der Waals surface area contributed by atoms with E-state index in [1.807, 2.05) is 6.92 Å². The molecular formula is C14H18ClN3O4. The van der Waals surface area contributed by atoms with Crippen LogP contribution in [0.4, 0.5) is 0 Å². The average Bonchev–Trinajstić information content (AvgIpc) is 2.50. The maximum absolute atomic E-state index is 11.4. The summed E-state index contributed by atoms with van der Waals surface area (Å²) < 4.78 is 4.94. The van der Waals surface area contributed by atoms with Crippen LogP contribution in [0.5, 0.6) is 11.5 Å². The van der Waals surface area contributed by atoms with Gasteiger partial charge in [-0.2, -0.15) is 5.10 Å². The van der Waals surface area contributed by atoms with E-state index in [4.69, 9.17) is 16.3 Å². The highest BCUT2D eigenvalue weighted by Gasteiger charge is 2.11. The Balaban J connectivity index is 2.60. The second-order valence-corrected chi connectivity index (χ2v) is 4.77. The number of phenols is 1. The lowest BCUT2D eigenvalue weighted by Crippen LogP contribution is -2.38. The van der Waals surface area contributed by atoms with Gasteiger partial charge in [-0.15, -0.1) is 0 Å². The van der Waals surface area contributed by atoms with E-state index in [0.717, 1.165) is 12.8 Å². The van der Waals surface area contributed by atoms with Gasteiger partial charge in [0.15, 0.2) is 11.5 Å². The molecule has 1 aromatic carbocycles. The molecule has 1 aromatic rings. The second kappa shape index (κ2) is 8.89. The molecule has 1 rings (SSSR count). The van der Waals surface area contributed by atoms with Gasteiger partial charge in [0.1, 0.15) is 0 Å². The van der Waals surface area contributed by atoms with Crippen LogP contribution in [0, 0.1) is 0 Å². The highest BCUT2D eigenvalue weighted by atomic mass is 35.5. The first-order valence-electron chi connectivity index (χ1n) is 6.67. The summed E-state index contributed by atoms with van der Waals surface area (Å²) in [6.45, 7) is 2.42. The van der Waals surface area contributed by atoms with E-state index in [-0.39, 0.29) is 16.5 Å². The van der Waals surface area contributed by atoms with Crippen LogP contribution < -0.4 is 15.5 Å². The lowest BCUT2D eigenvalue weighted by molar-refractivity contribution is -0.139. The molecule has 0 heterocycles. The van der Waals surface area contributed by atoms with Crippen molar-refractivity contribution in [1.29, 1.82) is 0 Å². The number of halogens is 1. The smallest absolute Gasteiger partial charge is 0.329 e. The lowest BCUT2D eigenvalue weighted by Gasteiger charge is -2.06. The van der Waals surface area contributed by atoms with Crippen LogP contribution in [0.3, 0.4) is 0 Å². The molecule has 7 nitrogen and oxygen atoms in total. The van der Waals surface area contributed by atoms with Crippen molar-refractivity contribution >= 4 is 29.6 Å². The molecule has 0 saturated carbocycles. The number of nitrogens with zero attached hydrogens (tertiary/aromatic N) is 1. The maximum atomic E-state index is 11.4. The topological polar surface area (TPSA) is 100 Å². The zero-order valence-electron chi connectivity index (χ0n) is 12.4. The molecule has 0 aliphatic rings. The Kier molecular flexibility index (Phi) is 7.18. The van der Waals surface area contributed by atoms with Crippen LogP contribution in [0.1, 0.15) is 25.3 Å². The van der Waals surface area contributed by atoms with Gasteiger partial charge in [0.05, 0.1) is 18.3 Å². The minimum atomic E-state index is -0.857. The standard InChI is InChI=1S/C14H18ClN3O4/c1-3-4-5-16-13(20)14(21)18-17-8-9-6-10(15)12(19)11(7-9)22-2/h6-8,19H,3-5H2,1-2H3,(H,16,20)(H,18,21)/b17-8-. The van der Waals surface area contributed by atoms with E-state index < -0.39 is 11.8 Å². The van der Waals surface area contributed by atoms with Gasteiger partial charge in [0, 0.05) is 6.54 Å². The number of unbranched alkanes of at least 4 members (excludes halogenated alkanes) is 1. The SMILES string of the molecule is CCCCNC(=O)C(=O)N/N=C\c1cc(Cl)c(O)c(OC)c1. The predicted molar refractivity (Wildman–Crippen MR) is 83.3 cm³/mol. The van der Waals surface area contributed by atoms with Gasteiger partial charge >= 0.3 is 11.8 Å². The van der Waals surface area contributed by atoms with Crippen LogP contribution in [0.2, 0.25) is 5.02 Å². The summed E-state index contributed by atoms with van der Waals surface area (Å²) in [5.41, 5.74) is 2.59. The van der Waals surface area contributed by atoms with E-state index in [9.17, 15) is 14.7 Å². The number of nitrogens with one attached hydrogen (secondary N) is 2. The van der Waals surface area contributed by atoms with Crippen molar-refractivity contribution in [2.45, 2.75) is 19.8 Å². The van der Waals surface area contributed by atoms with Crippen LogP contribution in [0.15, 0.2) is 17.2 Å². The minimum Gasteiger partial charge on any atom is -0.503 e. The number of rotatable bonds is 6. The van der Waals surface area contributed by atoms with Crippen molar-refractivity contribution in [3.8, 4) is 11.5 Å². The number of amides is 2. The van der Waals surface area contributed by atoms with Crippen LogP contribution in [0.25, 0.3) is 0 Å². The molecule has 0 aliphatic heterocycles. The molecule has 0 aliphatic carbocycles. The number of hydrazone groups is 1. The van der Waals surface area contributed by atoms with Crippen molar-refractivity contribution < 1.29 is 19.4 Å². The van der Waals surface area contributed by atoms with Crippen LogP contribution in [-0.2, 0) is 9.59 Å². The Hall–Kier alpha value is -2.28. The number of aromatic hydroxyl groups is 1. The Labute approximate surface area is 133 Å². The third-order valence-electron chi connectivity index (χ3n) is 2.67. The van der Waals surface area contributed by atoms with E-state index in [1.54, 1.807) is 0 Å². The van der Waals surface area contributed by atoms with Crippen molar-refractivity contribution in [3.63, 3.8) is 0 Å². The van der Waals surface area contributed by atoms with Gasteiger partial charge in [0.2, 0.25) is 0 Å². The molecule has 22 heavy (non-hydrogen) atoms. The fraction of sp³-hybridized carbons (Fsp3) is 0.357. The normalized spacial score (nSPS) is 10.5. The van der Waals surface area contributed by atoms with Crippen molar-refractivity contribution in [2.75, 3.05) is 13.7 Å². The predicted octanol–water partition coefficient (Wildman–Crippen LogP) is 1.42. The van der Waals surface area contributed by atoms with E-state index in [1.165, 1.54) is 25.5 Å². The second-order valence-electron chi connectivity index (χ2n) is 4.36. The number of ether oxygens (including phenoxy) is 1. The first kappa shape index (κ1) is 17.8. The monoisotopic (exact) mass is 327 g/mol. The molecular weight excluding hydrogens is 310 g/mol. The van der Waals surface area contributed by atoms with Crippen molar-refractivity contribution in [1.82, 2.24) is 10.7 Å². The molecule has 8 heteroatoms. The first-order chi connectivity index (χ1) is 10.5. The zero-order chi connectivity index (χ0) is 16.5. The zero-order valence-corrected chi connectivity index (χ0v) is 13.1. The maximum Gasteiger partial charge on any atom is 0.329 e. The molecule has 2 amide bonds. The molecule has 0 atom stereocenters. The lowest BCUT2D eigenvalue weighted by atomic mass is 10.2. The molecule has 0 radical (unpaired) electrons. The summed E-state index contributed by atoms with van der Waals surface area (Å²) in [6.07, 6.45) is 3.00. The average molecular weight is 328 g/mol. The third-order valence-corrected chi connectivity index (χ3v) is 2.96. The Morgan fingerprint density at radius 3 is 2.77 bits per heavy atom. The summed E-state index contributed by atoms with van der Waals surface area (Å²) in [6, 6.07) is 2.93. The molecule has 0 fully saturated rings. The van der Waals surface area contributed by atoms with E-state index in [2.05, 4.69) is 15.8 Å². The summed E-state index contributed by atoms with van der Waals surface area (Å²) in [4.78, 5) is 22.8. The number of hydrogen-bond acceptors (Lipinski definition) is 5. The molecule has 0 saturated heterocycles. The third kappa shape index (κ3) is 5.25. The van der Waals surface area contributed by atoms with Crippen molar-refractivity contribution in [3.05, 3.63) is 22.7 Å². The number of phenolic OH excluding ortho intramolecular Hbond substituents is 1. The minimum absolute atomic E-state index is 0.0874. The molecule has 120 valence electrons. The highest BCUT2D eigenvalue weighted by Crippen LogP contribution is 2.34. The number of hydrogen-bond donors (Lipinski definition) is 3. The number of methoxy groups -OCH3 is 1. The van der Waals surface area contributed by atoms with Gasteiger partial charge < -0.3 is 15.2 Å². The van der Waals surface area contributed by atoms with Crippen LogP contribution >= 0.6 is 11.6 Å². The number of carbonyl (C=O) groups is 2. The summed E-state index contributed by atoms with van der Waals surface area (Å²) >= 11 is 5.82. The first-order valence-corrected chi connectivity index (χ1v) is 7.05. The molecule has 3 N–H and O–H groups in total. The number of carbonyl (C=O) groups excluding carboxylic acids is 2.